The van der Waals surface area contributed by atoms with Crippen molar-refractivity contribution < 1.29 is 22.3 Å². The van der Waals surface area contributed by atoms with Gasteiger partial charge in [-0.15, -0.1) is 0 Å². The van der Waals surface area contributed by atoms with E-state index in [0.29, 0.717) is 6.61 Å². The summed E-state index contributed by atoms with van der Waals surface area (Å²) in [5.41, 5.74) is -1.27. The molecule has 5 heteroatoms. The van der Waals surface area contributed by atoms with Gasteiger partial charge in [-0.2, -0.15) is 13.2 Å². The van der Waals surface area contributed by atoms with Gasteiger partial charge in [0, 0.05) is 0 Å². The molecule has 0 atom stereocenters. The first-order chi connectivity index (χ1) is 12.4. The SMILES string of the molecule is CCCCCCCCCCCCCCOc1ccc(F)c(C(F)(F)F)c1. The first kappa shape index (κ1) is 22.8. The molecule has 1 rings (SSSR count). The predicted molar refractivity (Wildman–Crippen MR) is 98.0 cm³/mol. The van der Waals surface area contributed by atoms with E-state index >= 15 is 0 Å². The number of ether oxygens (including phenoxy) is 1. The van der Waals surface area contributed by atoms with Crippen LogP contribution in [-0.2, 0) is 6.18 Å². The van der Waals surface area contributed by atoms with Gasteiger partial charge in [-0.25, -0.2) is 4.39 Å². The van der Waals surface area contributed by atoms with E-state index in [1.54, 1.807) is 0 Å². The predicted octanol–water partition coefficient (Wildman–Crippen LogP) is 7.92. The van der Waals surface area contributed by atoms with Gasteiger partial charge in [0.1, 0.15) is 11.6 Å². The van der Waals surface area contributed by atoms with E-state index in [1.807, 2.05) is 0 Å². The van der Waals surface area contributed by atoms with Gasteiger partial charge in [0.15, 0.2) is 0 Å². The fourth-order valence-corrected chi connectivity index (χ4v) is 2.94. The van der Waals surface area contributed by atoms with Gasteiger partial charge in [0.05, 0.1) is 12.2 Å². The summed E-state index contributed by atoms with van der Waals surface area (Å²) < 4.78 is 56.4. The molecule has 1 nitrogen and oxygen atoms in total. The zero-order valence-corrected chi connectivity index (χ0v) is 15.8. The average Bonchev–Trinajstić information content (AvgIpc) is 2.59. The van der Waals surface area contributed by atoms with Crippen LogP contribution in [0.4, 0.5) is 17.6 Å². The molecule has 0 unspecified atom stereocenters. The molecule has 0 bridgehead atoms. The summed E-state index contributed by atoms with van der Waals surface area (Å²) in [5, 5.41) is 0. The van der Waals surface area contributed by atoms with Crippen molar-refractivity contribution in [1.82, 2.24) is 0 Å². The van der Waals surface area contributed by atoms with Crippen LogP contribution >= 0.6 is 0 Å². The van der Waals surface area contributed by atoms with Gasteiger partial charge in [0.2, 0.25) is 0 Å². The zero-order chi connectivity index (χ0) is 19.3. The minimum Gasteiger partial charge on any atom is -0.494 e. The van der Waals surface area contributed by atoms with Crippen molar-refractivity contribution in [2.75, 3.05) is 6.61 Å². The Bertz CT molecular complexity index is 485. The molecule has 0 aromatic heterocycles. The largest absolute Gasteiger partial charge is 0.494 e. The van der Waals surface area contributed by atoms with E-state index in [1.165, 1.54) is 63.9 Å². The van der Waals surface area contributed by atoms with E-state index in [2.05, 4.69) is 6.92 Å². The van der Waals surface area contributed by atoms with Crippen LogP contribution < -0.4 is 4.74 Å². The molecular formula is C21H32F4O. The van der Waals surface area contributed by atoms with E-state index in [0.717, 1.165) is 31.4 Å². The maximum absolute atomic E-state index is 13.2. The van der Waals surface area contributed by atoms with E-state index in [4.69, 9.17) is 4.74 Å². The summed E-state index contributed by atoms with van der Waals surface area (Å²) in [6.07, 6.45) is 9.97. The van der Waals surface area contributed by atoms with E-state index in [-0.39, 0.29) is 5.75 Å². The second-order valence-electron chi connectivity index (χ2n) is 6.88. The monoisotopic (exact) mass is 376 g/mol. The number of unbranched alkanes of at least 4 members (excludes halogenated alkanes) is 11. The van der Waals surface area contributed by atoms with Crippen molar-refractivity contribution in [2.45, 2.75) is 90.1 Å². The van der Waals surface area contributed by atoms with Crippen LogP contribution in [0.1, 0.15) is 89.5 Å². The Morgan fingerprint density at radius 2 is 1.27 bits per heavy atom. The zero-order valence-electron chi connectivity index (χ0n) is 15.8. The third-order valence-electron chi connectivity index (χ3n) is 4.51. The van der Waals surface area contributed by atoms with Crippen LogP contribution in [0.3, 0.4) is 0 Å². The standard InChI is InChI=1S/C21H32F4O/c1-2-3-4-5-6-7-8-9-10-11-12-13-16-26-18-14-15-20(22)19(17-18)21(23,24)25/h14-15,17H,2-13,16H2,1H3. The number of halogens is 4. The molecule has 0 aliphatic carbocycles. The Balaban J connectivity index is 2.03. The lowest BCUT2D eigenvalue weighted by Gasteiger charge is -2.11. The fourth-order valence-electron chi connectivity index (χ4n) is 2.94. The Kier molecular flexibility index (Phi) is 11.4. The number of hydrogen-bond donors (Lipinski definition) is 0. The molecule has 0 aliphatic rings. The minimum atomic E-state index is -4.69. The summed E-state index contributed by atoms with van der Waals surface area (Å²) in [5.74, 6) is -1.20. The molecule has 0 saturated carbocycles. The van der Waals surface area contributed by atoms with E-state index < -0.39 is 17.6 Å². The smallest absolute Gasteiger partial charge is 0.419 e. The van der Waals surface area contributed by atoms with Gasteiger partial charge < -0.3 is 4.74 Å². The van der Waals surface area contributed by atoms with Gasteiger partial charge in [-0.05, 0) is 24.6 Å². The Hall–Kier alpha value is -1.26. The molecular weight excluding hydrogens is 344 g/mol. The van der Waals surface area contributed by atoms with Crippen molar-refractivity contribution in [2.24, 2.45) is 0 Å². The van der Waals surface area contributed by atoms with Crippen LogP contribution in [0.25, 0.3) is 0 Å². The number of rotatable bonds is 14. The van der Waals surface area contributed by atoms with Crippen LogP contribution in [-0.4, -0.2) is 6.61 Å². The lowest BCUT2D eigenvalue weighted by atomic mass is 10.1. The second-order valence-corrected chi connectivity index (χ2v) is 6.88. The third kappa shape index (κ3) is 10.0. The molecule has 0 radical (unpaired) electrons. The van der Waals surface area contributed by atoms with Crippen molar-refractivity contribution in [3.63, 3.8) is 0 Å². The Morgan fingerprint density at radius 1 is 0.769 bits per heavy atom. The highest BCUT2D eigenvalue weighted by Gasteiger charge is 2.34. The van der Waals surface area contributed by atoms with E-state index in [9.17, 15) is 17.6 Å². The Labute approximate surface area is 155 Å². The molecule has 0 N–H and O–H groups in total. The molecule has 0 aliphatic heterocycles. The van der Waals surface area contributed by atoms with Crippen molar-refractivity contribution in [3.05, 3.63) is 29.6 Å². The van der Waals surface area contributed by atoms with Crippen LogP contribution in [0.15, 0.2) is 18.2 Å². The number of hydrogen-bond acceptors (Lipinski definition) is 1. The highest BCUT2D eigenvalue weighted by molar-refractivity contribution is 5.31. The van der Waals surface area contributed by atoms with Gasteiger partial charge >= 0.3 is 6.18 Å². The van der Waals surface area contributed by atoms with Crippen LogP contribution in [0.5, 0.6) is 5.75 Å². The summed E-state index contributed by atoms with van der Waals surface area (Å²) in [4.78, 5) is 0. The average molecular weight is 376 g/mol. The molecule has 26 heavy (non-hydrogen) atoms. The molecule has 150 valence electrons. The maximum Gasteiger partial charge on any atom is 0.419 e. The molecule has 1 aromatic carbocycles. The first-order valence-corrected chi connectivity index (χ1v) is 9.94. The fraction of sp³-hybridized carbons (Fsp3) is 0.714. The summed E-state index contributed by atoms with van der Waals surface area (Å²) >= 11 is 0. The van der Waals surface area contributed by atoms with Gasteiger partial charge in [0.25, 0.3) is 0 Å². The highest BCUT2D eigenvalue weighted by atomic mass is 19.4. The quantitative estimate of drug-likeness (QED) is 0.237. The van der Waals surface area contributed by atoms with Crippen LogP contribution in [0.2, 0.25) is 0 Å². The summed E-state index contributed by atoms with van der Waals surface area (Å²) in [6.45, 7) is 2.59. The summed E-state index contributed by atoms with van der Waals surface area (Å²) in [6, 6.07) is 2.78. The number of benzene rings is 1. The topological polar surface area (TPSA) is 9.23 Å². The number of alkyl halides is 3. The lowest BCUT2D eigenvalue weighted by Crippen LogP contribution is -2.08. The first-order valence-electron chi connectivity index (χ1n) is 9.94. The Morgan fingerprint density at radius 3 is 1.77 bits per heavy atom. The van der Waals surface area contributed by atoms with Crippen LogP contribution in [0, 0.1) is 5.82 Å². The second kappa shape index (κ2) is 13.0. The molecule has 0 heterocycles. The van der Waals surface area contributed by atoms with Gasteiger partial charge in [-0.1, -0.05) is 77.6 Å². The molecule has 0 saturated heterocycles. The highest BCUT2D eigenvalue weighted by Crippen LogP contribution is 2.33. The normalized spacial score (nSPS) is 11.7. The van der Waals surface area contributed by atoms with Gasteiger partial charge in [-0.3, -0.25) is 0 Å². The molecule has 0 fully saturated rings. The minimum absolute atomic E-state index is 0.0711. The molecule has 0 amide bonds. The molecule has 0 spiro atoms. The van der Waals surface area contributed by atoms with Crippen molar-refractivity contribution in [3.8, 4) is 5.75 Å². The maximum atomic E-state index is 13.2. The van der Waals surface area contributed by atoms with Crippen molar-refractivity contribution >= 4 is 0 Å². The summed E-state index contributed by atoms with van der Waals surface area (Å²) in [7, 11) is 0. The van der Waals surface area contributed by atoms with Crippen molar-refractivity contribution in [1.29, 1.82) is 0 Å². The third-order valence-corrected chi connectivity index (χ3v) is 4.51. The lowest BCUT2D eigenvalue weighted by molar-refractivity contribution is -0.140. The molecule has 1 aromatic rings.